The van der Waals surface area contributed by atoms with Gasteiger partial charge in [-0.3, -0.25) is 15.5 Å². The summed E-state index contributed by atoms with van der Waals surface area (Å²) in [7, 11) is -3.72. The number of nitro groups is 1. The first kappa shape index (κ1) is 19.0. The van der Waals surface area contributed by atoms with Crippen LogP contribution in [0.25, 0.3) is 0 Å². The van der Waals surface area contributed by atoms with Crippen LogP contribution in [-0.2, 0) is 10.0 Å². The second kappa shape index (κ2) is 7.85. The standard InChI is InChI=1S/C18H20N4O4S/c1-14(15-7-3-2-4-8-15)19-20-17-10-9-16(13-18(17)22(23)24)27(25,26)21-11-5-6-12-21/h2-4,7-10,13,20H,5-6,11-12H2,1H3/b19-14-. The lowest BCUT2D eigenvalue weighted by atomic mass is 10.1. The Bertz CT molecular complexity index is 968. The quantitative estimate of drug-likeness (QED) is 0.465. The van der Waals surface area contributed by atoms with Gasteiger partial charge in [0.05, 0.1) is 15.5 Å². The van der Waals surface area contributed by atoms with Crippen LogP contribution in [0.2, 0.25) is 0 Å². The van der Waals surface area contributed by atoms with E-state index in [0.717, 1.165) is 24.5 Å². The number of hydrogen-bond donors (Lipinski definition) is 1. The fraction of sp³-hybridized carbons (Fsp3) is 0.278. The first-order valence-electron chi connectivity index (χ1n) is 8.54. The predicted octanol–water partition coefficient (Wildman–Crippen LogP) is 3.22. The zero-order chi connectivity index (χ0) is 19.4. The fourth-order valence-corrected chi connectivity index (χ4v) is 4.42. The zero-order valence-electron chi connectivity index (χ0n) is 14.8. The number of rotatable bonds is 6. The molecule has 9 heteroatoms. The molecule has 0 spiro atoms. The van der Waals surface area contributed by atoms with E-state index in [1.54, 1.807) is 6.92 Å². The third-order valence-electron chi connectivity index (χ3n) is 4.40. The van der Waals surface area contributed by atoms with Gasteiger partial charge in [-0.15, -0.1) is 0 Å². The second-order valence-corrected chi connectivity index (χ2v) is 8.16. The number of nitrogens with zero attached hydrogens (tertiary/aromatic N) is 3. The number of nitro benzene ring substituents is 1. The number of nitrogens with one attached hydrogen (secondary N) is 1. The highest BCUT2D eigenvalue weighted by atomic mass is 32.2. The molecule has 2 aromatic carbocycles. The molecular formula is C18H20N4O4S. The number of hydrogen-bond acceptors (Lipinski definition) is 6. The molecule has 0 aromatic heterocycles. The van der Waals surface area contributed by atoms with Crippen LogP contribution in [0.4, 0.5) is 11.4 Å². The van der Waals surface area contributed by atoms with Crippen molar-refractivity contribution in [3.8, 4) is 0 Å². The van der Waals surface area contributed by atoms with Crippen LogP contribution < -0.4 is 5.43 Å². The van der Waals surface area contributed by atoms with Crippen LogP contribution in [0.3, 0.4) is 0 Å². The van der Waals surface area contributed by atoms with Gasteiger partial charge >= 0.3 is 0 Å². The van der Waals surface area contributed by atoms with Gasteiger partial charge in [-0.2, -0.15) is 9.41 Å². The van der Waals surface area contributed by atoms with E-state index in [0.29, 0.717) is 18.8 Å². The van der Waals surface area contributed by atoms with Gasteiger partial charge in [0.2, 0.25) is 10.0 Å². The summed E-state index contributed by atoms with van der Waals surface area (Å²) in [5.41, 5.74) is 4.01. The third-order valence-corrected chi connectivity index (χ3v) is 6.30. The molecular weight excluding hydrogens is 368 g/mol. The molecule has 0 amide bonds. The zero-order valence-corrected chi connectivity index (χ0v) is 15.6. The third kappa shape index (κ3) is 4.15. The maximum absolute atomic E-state index is 12.6. The number of sulfonamides is 1. The van der Waals surface area contributed by atoms with Crippen LogP contribution in [0.5, 0.6) is 0 Å². The molecule has 1 fully saturated rings. The van der Waals surface area contributed by atoms with Crippen molar-refractivity contribution in [1.82, 2.24) is 4.31 Å². The van der Waals surface area contributed by atoms with Crippen molar-refractivity contribution < 1.29 is 13.3 Å². The van der Waals surface area contributed by atoms with Gasteiger partial charge in [-0.25, -0.2) is 8.42 Å². The molecule has 0 unspecified atom stereocenters. The molecule has 0 atom stereocenters. The summed E-state index contributed by atoms with van der Waals surface area (Å²) >= 11 is 0. The number of hydrazone groups is 1. The predicted molar refractivity (Wildman–Crippen MR) is 103 cm³/mol. The van der Waals surface area contributed by atoms with Gasteiger partial charge in [-0.1, -0.05) is 30.3 Å². The van der Waals surface area contributed by atoms with Crippen molar-refractivity contribution in [3.63, 3.8) is 0 Å². The van der Waals surface area contributed by atoms with E-state index in [-0.39, 0.29) is 16.3 Å². The normalized spacial score (nSPS) is 15.7. The monoisotopic (exact) mass is 388 g/mol. The van der Waals surface area contributed by atoms with Crippen molar-refractivity contribution in [2.45, 2.75) is 24.7 Å². The van der Waals surface area contributed by atoms with E-state index in [1.807, 2.05) is 30.3 Å². The van der Waals surface area contributed by atoms with E-state index < -0.39 is 14.9 Å². The van der Waals surface area contributed by atoms with E-state index in [4.69, 9.17) is 0 Å². The summed E-state index contributed by atoms with van der Waals surface area (Å²) < 4.78 is 26.6. The minimum atomic E-state index is -3.72. The van der Waals surface area contributed by atoms with Crippen molar-refractivity contribution in [2.24, 2.45) is 5.10 Å². The first-order valence-corrected chi connectivity index (χ1v) is 9.98. The molecule has 1 heterocycles. The highest BCUT2D eigenvalue weighted by Crippen LogP contribution is 2.30. The molecule has 1 aliphatic rings. The van der Waals surface area contributed by atoms with Gasteiger partial charge in [-0.05, 0) is 37.5 Å². The summed E-state index contributed by atoms with van der Waals surface area (Å²) in [6.07, 6.45) is 1.60. The topological polar surface area (TPSA) is 105 Å². The average molecular weight is 388 g/mol. The maximum Gasteiger partial charge on any atom is 0.295 e. The largest absolute Gasteiger partial charge is 0.295 e. The van der Waals surface area contributed by atoms with E-state index in [9.17, 15) is 18.5 Å². The average Bonchev–Trinajstić information content (AvgIpc) is 3.22. The summed E-state index contributed by atoms with van der Waals surface area (Å²) in [5, 5.41) is 15.6. The Labute approximate surface area is 157 Å². The lowest BCUT2D eigenvalue weighted by molar-refractivity contribution is -0.384. The fourth-order valence-electron chi connectivity index (χ4n) is 2.88. The van der Waals surface area contributed by atoms with Gasteiger partial charge in [0, 0.05) is 19.2 Å². The van der Waals surface area contributed by atoms with Gasteiger partial charge in [0.25, 0.3) is 5.69 Å². The molecule has 0 aliphatic carbocycles. The second-order valence-electron chi connectivity index (χ2n) is 6.22. The summed E-state index contributed by atoms with van der Waals surface area (Å²) in [5.74, 6) is 0. The van der Waals surface area contributed by atoms with Gasteiger partial charge in [0.1, 0.15) is 5.69 Å². The van der Waals surface area contributed by atoms with E-state index >= 15 is 0 Å². The summed E-state index contributed by atoms with van der Waals surface area (Å²) in [6, 6.07) is 13.2. The van der Waals surface area contributed by atoms with Gasteiger partial charge < -0.3 is 0 Å². The molecule has 8 nitrogen and oxygen atoms in total. The molecule has 27 heavy (non-hydrogen) atoms. The van der Waals surface area contributed by atoms with Crippen LogP contribution in [0.15, 0.2) is 58.5 Å². The van der Waals surface area contributed by atoms with Crippen LogP contribution in [0.1, 0.15) is 25.3 Å². The lowest BCUT2D eigenvalue weighted by Crippen LogP contribution is -2.27. The van der Waals surface area contributed by atoms with Crippen LogP contribution in [-0.4, -0.2) is 36.4 Å². The highest BCUT2D eigenvalue weighted by molar-refractivity contribution is 7.89. The van der Waals surface area contributed by atoms with Crippen LogP contribution in [0, 0.1) is 10.1 Å². The molecule has 3 rings (SSSR count). The minimum absolute atomic E-state index is 0.0783. The number of benzene rings is 2. The molecule has 2 aromatic rings. The van der Waals surface area contributed by atoms with E-state index in [2.05, 4.69) is 10.5 Å². The molecule has 0 radical (unpaired) electrons. The Kier molecular flexibility index (Phi) is 5.52. The Hall–Kier alpha value is -2.78. The molecule has 1 saturated heterocycles. The summed E-state index contributed by atoms with van der Waals surface area (Å²) in [6.45, 7) is 2.66. The van der Waals surface area contributed by atoms with Crippen molar-refractivity contribution in [2.75, 3.05) is 18.5 Å². The Morgan fingerprint density at radius 1 is 1.15 bits per heavy atom. The number of anilines is 1. The molecule has 1 N–H and O–H groups in total. The van der Waals surface area contributed by atoms with Crippen molar-refractivity contribution in [1.29, 1.82) is 0 Å². The molecule has 0 bridgehead atoms. The van der Waals surface area contributed by atoms with Crippen molar-refractivity contribution >= 4 is 27.1 Å². The van der Waals surface area contributed by atoms with Gasteiger partial charge in [0.15, 0.2) is 0 Å². The molecule has 1 aliphatic heterocycles. The van der Waals surface area contributed by atoms with E-state index in [1.165, 1.54) is 16.4 Å². The summed E-state index contributed by atoms with van der Waals surface area (Å²) in [4.78, 5) is 10.8. The Morgan fingerprint density at radius 3 is 2.44 bits per heavy atom. The SMILES string of the molecule is C/C(=N/Nc1ccc(S(=O)(=O)N2CCCC2)cc1[N+](=O)[O-])c1ccccc1. The lowest BCUT2D eigenvalue weighted by Gasteiger charge is -2.15. The smallest absolute Gasteiger partial charge is 0.271 e. The van der Waals surface area contributed by atoms with Crippen molar-refractivity contribution in [3.05, 3.63) is 64.2 Å². The Morgan fingerprint density at radius 2 is 1.81 bits per heavy atom. The highest BCUT2D eigenvalue weighted by Gasteiger charge is 2.29. The first-order chi connectivity index (χ1) is 12.9. The Balaban J connectivity index is 1.89. The molecule has 142 valence electrons. The maximum atomic E-state index is 12.6. The minimum Gasteiger partial charge on any atom is -0.271 e. The van der Waals surface area contributed by atoms with Crippen LogP contribution >= 0.6 is 0 Å². The molecule has 0 saturated carbocycles.